The van der Waals surface area contributed by atoms with E-state index in [2.05, 4.69) is 10.4 Å². The van der Waals surface area contributed by atoms with Crippen LogP contribution in [0.5, 0.6) is 11.5 Å². The van der Waals surface area contributed by atoms with Crippen LogP contribution in [-0.4, -0.2) is 33.0 Å². The number of carbonyl (C=O) groups is 2. The van der Waals surface area contributed by atoms with E-state index in [-0.39, 0.29) is 11.8 Å². The summed E-state index contributed by atoms with van der Waals surface area (Å²) in [5, 5.41) is 7.36. The molecule has 1 aliphatic heterocycles. The lowest BCUT2D eigenvalue weighted by Crippen LogP contribution is -2.38. The molecule has 30 heavy (non-hydrogen) atoms. The maximum atomic E-state index is 13.1. The van der Waals surface area contributed by atoms with Gasteiger partial charge >= 0.3 is 0 Å². The molecule has 2 amide bonds. The van der Waals surface area contributed by atoms with Crippen molar-refractivity contribution in [3.05, 3.63) is 77.6 Å². The van der Waals surface area contributed by atoms with E-state index in [0.29, 0.717) is 43.9 Å². The quantitative estimate of drug-likeness (QED) is 0.684. The molecule has 2 aromatic carbocycles. The van der Waals surface area contributed by atoms with E-state index in [4.69, 9.17) is 4.74 Å². The summed E-state index contributed by atoms with van der Waals surface area (Å²) in [4.78, 5) is 26.3. The van der Waals surface area contributed by atoms with Crippen LogP contribution in [0.1, 0.15) is 35.1 Å². The lowest BCUT2D eigenvalue weighted by atomic mass is 10.1. The minimum Gasteiger partial charge on any atom is -0.457 e. The van der Waals surface area contributed by atoms with Gasteiger partial charge in [0.2, 0.25) is 5.91 Å². The van der Waals surface area contributed by atoms with Gasteiger partial charge in [0.25, 0.3) is 5.91 Å². The Morgan fingerprint density at radius 2 is 1.83 bits per heavy atom. The minimum atomic E-state index is -0.0400. The van der Waals surface area contributed by atoms with Crippen molar-refractivity contribution in [2.45, 2.75) is 33.0 Å². The zero-order valence-electron chi connectivity index (χ0n) is 16.9. The second-order valence-corrected chi connectivity index (χ2v) is 7.15. The van der Waals surface area contributed by atoms with Gasteiger partial charge in [0.05, 0.1) is 31.0 Å². The summed E-state index contributed by atoms with van der Waals surface area (Å²) >= 11 is 0. The van der Waals surface area contributed by atoms with Crippen LogP contribution in [0.25, 0.3) is 0 Å². The molecular formula is C23H24N4O3. The lowest BCUT2D eigenvalue weighted by Gasteiger charge is -2.27. The molecule has 1 aromatic heterocycles. The first-order valence-electron chi connectivity index (χ1n) is 10.1. The Morgan fingerprint density at radius 1 is 1.03 bits per heavy atom. The van der Waals surface area contributed by atoms with Crippen molar-refractivity contribution < 1.29 is 14.3 Å². The fourth-order valence-corrected chi connectivity index (χ4v) is 3.40. The van der Waals surface area contributed by atoms with Gasteiger partial charge in [-0.2, -0.15) is 5.10 Å². The number of fused-ring (bicyclic) bond motifs is 1. The molecule has 0 spiro atoms. The molecule has 7 nitrogen and oxygen atoms in total. The van der Waals surface area contributed by atoms with Crippen molar-refractivity contribution in [3.8, 4) is 11.5 Å². The highest BCUT2D eigenvalue weighted by Gasteiger charge is 2.23. The summed E-state index contributed by atoms with van der Waals surface area (Å²) in [5.74, 6) is 1.31. The van der Waals surface area contributed by atoms with Crippen LogP contribution in [-0.2, 0) is 24.4 Å². The van der Waals surface area contributed by atoms with Gasteiger partial charge in [0, 0.05) is 18.5 Å². The second-order valence-electron chi connectivity index (χ2n) is 7.15. The number of aromatic nitrogens is 2. The van der Waals surface area contributed by atoms with Crippen molar-refractivity contribution in [2.24, 2.45) is 0 Å². The number of carbonyl (C=O) groups excluding carboxylic acids is 2. The number of nitrogens with one attached hydrogen (secondary N) is 1. The third kappa shape index (κ3) is 4.51. The van der Waals surface area contributed by atoms with E-state index in [1.165, 1.54) is 0 Å². The molecular weight excluding hydrogens is 380 g/mol. The van der Waals surface area contributed by atoms with Crippen LogP contribution in [0.4, 0.5) is 0 Å². The third-order valence-corrected chi connectivity index (χ3v) is 4.98. The number of benzene rings is 2. The lowest BCUT2D eigenvalue weighted by molar-refractivity contribution is -0.120. The molecule has 0 fully saturated rings. The van der Waals surface area contributed by atoms with E-state index in [9.17, 15) is 9.59 Å². The average molecular weight is 404 g/mol. The summed E-state index contributed by atoms with van der Waals surface area (Å²) in [7, 11) is 0. The number of nitrogens with zero attached hydrogens (tertiary/aromatic N) is 3. The van der Waals surface area contributed by atoms with Crippen LogP contribution in [0, 0.1) is 0 Å². The van der Waals surface area contributed by atoms with E-state index in [1.807, 2.05) is 65.0 Å². The molecule has 3 aromatic rings. The molecule has 0 unspecified atom stereocenters. The molecule has 0 atom stereocenters. The molecule has 154 valence electrons. The summed E-state index contributed by atoms with van der Waals surface area (Å²) in [6.45, 7) is 3.91. The van der Waals surface area contributed by atoms with Gasteiger partial charge in [0.15, 0.2) is 0 Å². The number of hydrogen-bond acceptors (Lipinski definition) is 4. The predicted molar refractivity (Wildman–Crippen MR) is 112 cm³/mol. The molecule has 0 aliphatic carbocycles. The van der Waals surface area contributed by atoms with Gasteiger partial charge in [-0.1, -0.05) is 31.2 Å². The van der Waals surface area contributed by atoms with E-state index < -0.39 is 0 Å². The van der Waals surface area contributed by atoms with Gasteiger partial charge in [-0.05, 0) is 36.4 Å². The molecule has 0 saturated heterocycles. The van der Waals surface area contributed by atoms with Gasteiger partial charge in [-0.25, -0.2) is 0 Å². The molecule has 4 rings (SSSR count). The highest BCUT2D eigenvalue weighted by atomic mass is 16.5. The standard InChI is InChI=1S/C23H24N4O3/c1-2-22(28)24-15-18-14-19-16-26(11-12-27(19)25-18)23(29)17-7-6-10-21(13-17)30-20-8-4-3-5-9-20/h3-10,13-14H,2,11-12,15-16H2,1H3,(H,24,28). The number of hydrogen-bond donors (Lipinski definition) is 1. The molecule has 0 radical (unpaired) electrons. The fraction of sp³-hybridized carbons (Fsp3) is 0.261. The van der Waals surface area contributed by atoms with Gasteiger partial charge in [-0.15, -0.1) is 0 Å². The van der Waals surface area contributed by atoms with Gasteiger partial charge < -0.3 is 15.0 Å². The Morgan fingerprint density at radius 3 is 2.63 bits per heavy atom. The highest BCUT2D eigenvalue weighted by molar-refractivity contribution is 5.94. The molecule has 0 bridgehead atoms. The van der Waals surface area contributed by atoms with Crippen LogP contribution < -0.4 is 10.1 Å². The van der Waals surface area contributed by atoms with Crippen LogP contribution in [0.2, 0.25) is 0 Å². The van der Waals surface area contributed by atoms with Crippen molar-refractivity contribution >= 4 is 11.8 Å². The highest BCUT2D eigenvalue weighted by Crippen LogP contribution is 2.23. The Kier molecular flexibility index (Phi) is 5.79. The first-order chi connectivity index (χ1) is 14.6. The van der Waals surface area contributed by atoms with Crippen LogP contribution >= 0.6 is 0 Å². The van der Waals surface area contributed by atoms with Crippen molar-refractivity contribution in [1.82, 2.24) is 20.0 Å². The topological polar surface area (TPSA) is 76.5 Å². The number of ether oxygens (including phenoxy) is 1. The number of para-hydroxylation sites is 1. The molecule has 1 aliphatic rings. The molecule has 1 N–H and O–H groups in total. The van der Waals surface area contributed by atoms with Gasteiger partial charge in [0.1, 0.15) is 11.5 Å². The molecule has 7 heteroatoms. The number of amides is 2. The first-order valence-corrected chi connectivity index (χ1v) is 10.1. The summed E-state index contributed by atoms with van der Waals surface area (Å²) in [6, 6.07) is 18.7. The van der Waals surface area contributed by atoms with E-state index in [1.54, 1.807) is 12.1 Å². The Labute approximate surface area is 175 Å². The summed E-state index contributed by atoms with van der Waals surface area (Å²) in [6.07, 6.45) is 0.447. The number of rotatable bonds is 6. The smallest absolute Gasteiger partial charge is 0.254 e. The van der Waals surface area contributed by atoms with Crippen molar-refractivity contribution in [1.29, 1.82) is 0 Å². The monoisotopic (exact) mass is 404 g/mol. The van der Waals surface area contributed by atoms with Crippen LogP contribution in [0.3, 0.4) is 0 Å². The zero-order valence-corrected chi connectivity index (χ0v) is 16.9. The normalized spacial score (nSPS) is 12.9. The first kappa shape index (κ1) is 19.7. The van der Waals surface area contributed by atoms with Crippen molar-refractivity contribution in [2.75, 3.05) is 6.54 Å². The Bertz CT molecular complexity index is 1050. The van der Waals surface area contributed by atoms with E-state index >= 15 is 0 Å². The molecule has 0 saturated carbocycles. The summed E-state index contributed by atoms with van der Waals surface area (Å²) < 4.78 is 7.76. The SMILES string of the molecule is CCC(=O)NCc1cc2n(n1)CCN(C(=O)c1cccc(Oc3ccccc3)c1)C2. The Hall–Kier alpha value is -3.61. The zero-order chi connectivity index (χ0) is 20.9. The third-order valence-electron chi connectivity index (χ3n) is 4.98. The van der Waals surface area contributed by atoms with Crippen molar-refractivity contribution in [3.63, 3.8) is 0 Å². The summed E-state index contributed by atoms with van der Waals surface area (Å²) in [5.41, 5.74) is 2.36. The maximum Gasteiger partial charge on any atom is 0.254 e. The fourth-order valence-electron chi connectivity index (χ4n) is 3.40. The molecule has 2 heterocycles. The van der Waals surface area contributed by atoms with Gasteiger partial charge in [-0.3, -0.25) is 14.3 Å². The predicted octanol–water partition coefficient (Wildman–Crippen LogP) is 3.36. The Balaban J connectivity index is 1.43. The average Bonchev–Trinajstić information content (AvgIpc) is 3.20. The largest absolute Gasteiger partial charge is 0.457 e. The second kappa shape index (κ2) is 8.82. The van der Waals surface area contributed by atoms with E-state index in [0.717, 1.165) is 17.1 Å². The minimum absolute atomic E-state index is 0.00428. The van der Waals surface area contributed by atoms with Crippen LogP contribution in [0.15, 0.2) is 60.7 Å². The maximum absolute atomic E-state index is 13.1.